The van der Waals surface area contributed by atoms with Crippen LogP contribution in [0.1, 0.15) is 17.0 Å². The quantitative estimate of drug-likeness (QED) is 0.760. The second kappa shape index (κ2) is 7.22. The molecule has 0 bridgehead atoms. The molecule has 4 rings (SSSR count). The number of aromatic nitrogens is 2. The van der Waals surface area contributed by atoms with E-state index >= 15 is 0 Å². The lowest BCUT2D eigenvalue weighted by atomic mass is 10.3. The number of hydrogen-bond donors (Lipinski definition) is 1. The highest BCUT2D eigenvalue weighted by atomic mass is 16.5. The molecular weight excluding hydrogens is 348 g/mol. The van der Waals surface area contributed by atoms with E-state index in [1.807, 2.05) is 17.0 Å². The molecule has 3 heterocycles. The molecule has 1 aliphatic heterocycles. The molecule has 1 fully saturated rings. The molecule has 0 radical (unpaired) electrons. The van der Waals surface area contributed by atoms with E-state index in [2.05, 4.69) is 9.88 Å². The number of fused-ring (bicyclic) bond motifs is 1. The number of methoxy groups -OCH3 is 2. The maximum atomic E-state index is 12.5. The summed E-state index contributed by atoms with van der Waals surface area (Å²) in [6.07, 6.45) is 2.38. The molecule has 0 spiro atoms. The molecule has 0 saturated carbocycles. The summed E-state index contributed by atoms with van der Waals surface area (Å²) in [5.41, 5.74) is 1.70. The van der Waals surface area contributed by atoms with Crippen molar-refractivity contribution in [3.8, 4) is 11.5 Å². The Bertz CT molecular complexity index is 894. The van der Waals surface area contributed by atoms with Gasteiger partial charge in [0.2, 0.25) is 5.95 Å². The van der Waals surface area contributed by atoms with Gasteiger partial charge in [0.05, 0.1) is 31.5 Å². The Hall–Kier alpha value is -3.16. The van der Waals surface area contributed by atoms with Crippen LogP contribution in [0, 0.1) is 0 Å². The zero-order valence-electron chi connectivity index (χ0n) is 15.4. The zero-order valence-corrected chi connectivity index (χ0v) is 15.4. The SMILES string of the molecule is COc1cc2nc(N3CCCN(C(=O)c4ccco4)CC3)[nH]c2cc1OC. The molecule has 2 aromatic heterocycles. The number of carbonyl (C=O) groups is 1. The lowest BCUT2D eigenvalue weighted by Crippen LogP contribution is -2.35. The van der Waals surface area contributed by atoms with E-state index in [4.69, 9.17) is 18.9 Å². The van der Waals surface area contributed by atoms with E-state index in [0.717, 1.165) is 29.9 Å². The molecule has 0 unspecified atom stereocenters. The number of furan rings is 1. The average Bonchev–Trinajstić information content (AvgIpc) is 3.30. The van der Waals surface area contributed by atoms with E-state index in [-0.39, 0.29) is 5.91 Å². The van der Waals surface area contributed by atoms with Crippen LogP contribution in [-0.2, 0) is 0 Å². The minimum absolute atomic E-state index is 0.0686. The van der Waals surface area contributed by atoms with Gasteiger partial charge in [-0.3, -0.25) is 4.79 Å². The number of amides is 1. The van der Waals surface area contributed by atoms with Crippen LogP contribution in [0.4, 0.5) is 5.95 Å². The zero-order chi connectivity index (χ0) is 18.8. The van der Waals surface area contributed by atoms with Crippen LogP contribution in [0.15, 0.2) is 34.9 Å². The topological polar surface area (TPSA) is 83.8 Å². The van der Waals surface area contributed by atoms with Gasteiger partial charge in [-0.1, -0.05) is 0 Å². The van der Waals surface area contributed by atoms with Crippen molar-refractivity contribution in [1.82, 2.24) is 14.9 Å². The van der Waals surface area contributed by atoms with Gasteiger partial charge in [-0.05, 0) is 18.6 Å². The van der Waals surface area contributed by atoms with E-state index < -0.39 is 0 Å². The molecule has 142 valence electrons. The van der Waals surface area contributed by atoms with Gasteiger partial charge in [-0.25, -0.2) is 4.98 Å². The number of carbonyl (C=O) groups excluding carboxylic acids is 1. The van der Waals surface area contributed by atoms with Crippen molar-refractivity contribution in [3.63, 3.8) is 0 Å². The van der Waals surface area contributed by atoms with Gasteiger partial charge in [0.15, 0.2) is 17.3 Å². The highest BCUT2D eigenvalue weighted by molar-refractivity contribution is 5.91. The Morgan fingerprint density at radius 2 is 1.96 bits per heavy atom. The third kappa shape index (κ3) is 3.30. The molecule has 1 amide bonds. The Labute approximate surface area is 156 Å². The van der Waals surface area contributed by atoms with Crippen LogP contribution in [0.25, 0.3) is 11.0 Å². The number of nitrogens with one attached hydrogen (secondary N) is 1. The van der Waals surface area contributed by atoms with Gasteiger partial charge in [-0.2, -0.15) is 0 Å². The molecule has 27 heavy (non-hydrogen) atoms. The van der Waals surface area contributed by atoms with Crippen molar-refractivity contribution in [3.05, 3.63) is 36.3 Å². The first-order valence-electron chi connectivity index (χ1n) is 8.89. The van der Waals surface area contributed by atoms with Gasteiger partial charge in [0.25, 0.3) is 5.91 Å². The van der Waals surface area contributed by atoms with Crippen LogP contribution in [0.5, 0.6) is 11.5 Å². The van der Waals surface area contributed by atoms with Crippen LogP contribution >= 0.6 is 0 Å². The second-order valence-electron chi connectivity index (χ2n) is 6.39. The Morgan fingerprint density at radius 3 is 2.70 bits per heavy atom. The number of hydrogen-bond acceptors (Lipinski definition) is 6. The lowest BCUT2D eigenvalue weighted by molar-refractivity contribution is 0.0735. The van der Waals surface area contributed by atoms with Crippen LogP contribution < -0.4 is 14.4 Å². The molecule has 0 aliphatic carbocycles. The molecule has 1 aliphatic rings. The first-order chi connectivity index (χ1) is 13.2. The standard InChI is InChI=1S/C19H22N4O4/c1-25-16-11-13-14(12-17(16)26-2)21-19(20-13)23-7-4-6-22(8-9-23)18(24)15-5-3-10-27-15/h3,5,10-12H,4,6-9H2,1-2H3,(H,20,21). The fourth-order valence-corrected chi connectivity index (χ4v) is 3.36. The molecule has 8 nitrogen and oxygen atoms in total. The summed E-state index contributed by atoms with van der Waals surface area (Å²) in [6.45, 7) is 2.82. The van der Waals surface area contributed by atoms with Crippen molar-refractivity contribution < 1.29 is 18.7 Å². The summed E-state index contributed by atoms with van der Waals surface area (Å²) in [5, 5.41) is 0. The van der Waals surface area contributed by atoms with Crippen LogP contribution in [0.2, 0.25) is 0 Å². The number of aromatic amines is 1. The molecule has 0 atom stereocenters. The van der Waals surface area contributed by atoms with Crippen LogP contribution in [-0.4, -0.2) is 61.2 Å². The number of ether oxygens (including phenoxy) is 2. The van der Waals surface area contributed by atoms with Gasteiger partial charge in [0, 0.05) is 38.3 Å². The number of imidazole rings is 1. The van der Waals surface area contributed by atoms with Crippen molar-refractivity contribution in [2.24, 2.45) is 0 Å². The molecular formula is C19H22N4O4. The Morgan fingerprint density at radius 1 is 1.15 bits per heavy atom. The van der Waals surface area contributed by atoms with Gasteiger partial charge in [0.1, 0.15) is 0 Å². The van der Waals surface area contributed by atoms with Crippen LogP contribution in [0.3, 0.4) is 0 Å². The van der Waals surface area contributed by atoms with Gasteiger partial charge in [-0.15, -0.1) is 0 Å². The maximum Gasteiger partial charge on any atom is 0.289 e. The number of nitrogens with zero attached hydrogens (tertiary/aromatic N) is 3. The highest BCUT2D eigenvalue weighted by Crippen LogP contribution is 2.32. The largest absolute Gasteiger partial charge is 0.493 e. The van der Waals surface area contributed by atoms with Crippen molar-refractivity contribution >= 4 is 22.9 Å². The fraction of sp³-hybridized carbons (Fsp3) is 0.368. The predicted octanol–water partition coefficient (Wildman–Crippen LogP) is 2.53. The lowest BCUT2D eigenvalue weighted by Gasteiger charge is -2.20. The summed E-state index contributed by atoms with van der Waals surface area (Å²) in [5.74, 6) is 2.40. The molecule has 8 heteroatoms. The van der Waals surface area contributed by atoms with Crippen molar-refractivity contribution in [2.75, 3.05) is 45.3 Å². The number of benzene rings is 1. The monoisotopic (exact) mass is 370 g/mol. The first kappa shape index (κ1) is 17.3. The van der Waals surface area contributed by atoms with Gasteiger partial charge >= 0.3 is 0 Å². The average molecular weight is 370 g/mol. The summed E-state index contributed by atoms with van der Waals surface area (Å²) in [7, 11) is 3.22. The maximum absolute atomic E-state index is 12.5. The summed E-state index contributed by atoms with van der Waals surface area (Å²) in [6, 6.07) is 7.17. The minimum Gasteiger partial charge on any atom is -0.493 e. The van der Waals surface area contributed by atoms with E-state index in [1.54, 1.807) is 26.4 Å². The second-order valence-corrected chi connectivity index (χ2v) is 6.39. The summed E-state index contributed by atoms with van der Waals surface area (Å²) < 4.78 is 15.9. The molecule has 1 saturated heterocycles. The first-order valence-corrected chi connectivity index (χ1v) is 8.89. The number of anilines is 1. The third-order valence-electron chi connectivity index (χ3n) is 4.79. The predicted molar refractivity (Wildman–Crippen MR) is 101 cm³/mol. The molecule has 3 aromatic rings. The summed E-state index contributed by atoms with van der Waals surface area (Å²) in [4.78, 5) is 24.5. The van der Waals surface area contributed by atoms with Gasteiger partial charge < -0.3 is 28.7 Å². The smallest absolute Gasteiger partial charge is 0.289 e. The Balaban J connectivity index is 1.53. The summed E-state index contributed by atoms with van der Waals surface area (Å²) >= 11 is 0. The Kier molecular flexibility index (Phi) is 4.62. The molecule has 1 N–H and O–H groups in total. The van der Waals surface area contributed by atoms with E-state index in [9.17, 15) is 4.79 Å². The number of rotatable bonds is 4. The third-order valence-corrected chi connectivity index (χ3v) is 4.79. The van der Waals surface area contributed by atoms with E-state index in [0.29, 0.717) is 36.9 Å². The normalized spacial score (nSPS) is 15.0. The molecule has 1 aromatic carbocycles. The highest BCUT2D eigenvalue weighted by Gasteiger charge is 2.23. The van der Waals surface area contributed by atoms with Crippen molar-refractivity contribution in [2.45, 2.75) is 6.42 Å². The fourth-order valence-electron chi connectivity index (χ4n) is 3.36. The number of H-pyrrole nitrogens is 1. The van der Waals surface area contributed by atoms with E-state index in [1.165, 1.54) is 6.26 Å². The minimum atomic E-state index is -0.0686. The van der Waals surface area contributed by atoms with Crippen molar-refractivity contribution in [1.29, 1.82) is 0 Å².